The van der Waals surface area contributed by atoms with E-state index >= 15 is 0 Å². The molecule has 4 heteroatoms. The van der Waals surface area contributed by atoms with E-state index in [1.165, 1.54) is 6.08 Å². The minimum atomic E-state index is -0.188. The van der Waals surface area contributed by atoms with Crippen molar-refractivity contribution in [1.82, 2.24) is 4.98 Å². The molecule has 92 valence electrons. The van der Waals surface area contributed by atoms with Gasteiger partial charge in [0.1, 0.15) is 0 Å². The van der Waals surface area contributed by atoms with Crippen LogP contribution in [0.3, 0.4) is 0 Å². The van der Waals surface area contributed by atoms with Crippen molar-refractivity contribution in [2.24, 2.45) is 0 Å². The van der Waals surface area contributed by atoms with E-state index in [2.05, 4.69) is 10.3 Å². The molecule has 1 amide bonds. The Morgan fingerprint density at radius 1 is 1.33 bits per heavy atom. The van der Waals surface area contributed by atoms with Crippen molar-refractivity contribution in [1.29, 1.82) is 0 Å². The first kappa shape index (κ1) is 12.1. The number of nitrogens with one attached hydrogen (secondary N) is 2. The quantitative estimate of drug-likeness (QED) is 0.794. The zero-order valence-corrected chi connectivity index (χ0v) is 10.3. The number of aromatic amines is 1. The lowest BCUT2D eigenvalue weighted by Crippen LogP contribution is -2.09. The average Bonchev–Trinajstić information content (AvgIpc) is 2.28. The number of carbonyl (C=O) groups excluding carboxylic acids is 1. The van der Waals surface area contributed by atoms with Crippen molar-refractivity contribution in [2.45, 2.75) is 13.8 Å². The molecule has 1 aromatic carbocycles. The number of pyridine rings is 1. The van der Waals surface area contributed by atoms with Gasteiger partial charge in [-0.2, -0.15) is 0 Å². The third-order valence-corrected chi connectivity index (χ3v) is 2.64. The molecule has 0 aliphatic rings. The molecule has 2 N–H and O–H groups in total. The highest BCUT2D eigenvalue weighted by Crippen LogP contribution is 2.18. The van der Waals surface area contributed by atoms with E-state index in [-0.39, 0.29) is 11.5 Å². The van der Waals surface area contributed by atoms with Crippen LogP contribution in [0.1, 0.15) is 12.5 Å². The molecule has 1 aromatic heterocycles. The van der Waals surface area contributed by atoms with Crippen LogP contribution in [-0.2, 0) is 4.79 Å². The summed E-state index contributed by atoms with van der Waals surface area (Å²) in [5, 5.41) is 3.70. The Morgan fingerprint density at radius 2 is 2.11 bits per heavy atom. The van der Waals surface area contributed by atoms with Gasteiger partial charge in [-0.3, -0.25) is 9.59 Å². The number of anilines is 1. The monoisotopic (exact) mass is 242 g/mol. The minimum absolute atomic E-state index is 0.142. The lowest BCUT2D eigenvalue weighted by atomic mass is 10.1. The van der Waals surface area contributed by atoms with Gasteiger partial charge in [-0.05, 0) is 37.6 Å². The Morgan fingerprint density at radius 3 is 2.83 bits per heavy atom. The third-order valence-electron chi connectivity index (χ3n) is 2.64. The first-order valence-electron chi connectivity index (χ1n) is 5.67. The zero-order valence-electron chi connectivity index (χ0n) is 10.3. The number of aromatic nitrogens is 1. The fourth-order valence-corrected chi connectivity index (χ4v) is 1.85. The molecule has 0 spiro atoms. The molecule has 2 aromatic rings. The first-order chi connectivity index (χ1) is 8.60. The van der Waals surface area contributed by atoms with Crippen LogP contribution in [0.5, 0.6) is 0 Å². The summed E-state index contributed by atoms with van der Waals surface area (Å²) in [4.78, 5) is 25.6. The summed E-state index contributed by atoms with van der Waals surface area (Å²) < 4.78 is 0. The van der Waals surface area contributed by atoms with Crippen molar-refractivity contribution in [2.75, 3.05) is 5.32 Å². The predicted octanol–water partition coefficient (Wildman–Crippen LogP) is 2.35. The van der Waals surface area contributed by atoms with E-state index in [1.807, 2.05) is 19.1 Å². The highest BCUT2D eigenvalue weighted by Gasteiger charge is 2.02. The number of H-pyrrole nitrogens is 1. The second-order valence-corrected chi connectivity index (χ2v) is 4.07. The summed E-state index contributed by atoms with van der Waals surface area (Å²) >= 11 is 0. The molecule has 0 unspecified atom stereocenters. The fourth-order valence-electron chi connectivity index (χ4n) is 1.85. The molecule has 0 radical (unpaired) electrons. The molecule has 0 atom stereocenters. The Balaban J connectivity index is 2.44. The van der Waals surface area contributed by atoms with Crippen molar-refractivity contribution in [3.63, 3.8) is 0 Å². The van der Waals surface area contributed by atoms with Gasteiger partial charge >= 0.3 is 0 Å². The molecule has 0 aliphatic carbocycles. The maximum atomic E-state index is 11.4. The van der Waals surface area contributed by atoms with E-state index in [0.717, 1.165) is 16.5 Å². The minimum Gasteiger partial charge on any atom is -0.322 e. The topological polar surface area (TPSA) is 62.0 Å². The van der Waals surface area contributed by atoms with Gasteiger partial charge in [-0.25, -0.2) is 0 Å². The van der Waals surface area contributed by atoms with Crippen LogP contribution in [-0.4, -0.2) is 10.9 Å². The van der Waals surface area contributed by atoms with Crippen LogP contribution in [0, 0.1) is 6.92 Å². The van der Waals surface area contributed by atoms with E-state index in [0.29, 0.717) is 5.69 Å². The summed E-state index contributed by atoms with van der Waals surface area (Å²) in [6.45, 7) is 3.66. The second-order valence-electron chi connectivity index (χ2n) is 4.07. The third kappa shape index (κ3) is 2.48. The van der Waals surface area contributed by atoms with Crippen LogP contribution < -0.4 is 10.9 Å². The number of aryl methyl sites for hydroxylation is 1. The Bertz CT molecular complexity index is 684. The number of allylic oxidation sites excluding steroid dienone is 1. The summed E-state index contributed by atoms with van der Waals surface area (Å²) in [7, 11) is 0. The molecule has 4 nitrogen and oxygen atoms in total. The number of hydrogen-bond donors (Lipinski definition) is 2. The SMILES string of the molecule is C/C=C\C(=O)Nc1ccc2c(C)cc(=O)[nH]c2c1. The van der Waals surface area contributed by atoms with Gasteiger partial charge in [-0.1, -0.05) is 12.1 Å². The van der Waals surface area contributed by atoms with Crippen LogP contribution in [0.25, 0.3) is 10.9 Å². The van der Waals surface area contributed by atoms with Crippen molar-refractivity contribution >= 4 is 22.5 Å². The van der Waals surface area contributed by atoms with Gasteiger partial charge in [-0.15, -0.1) is 0 Å². The predicted molar refractivity (Wildman–Crippen MR) is 72.7 cm³/mol. The van der Waals surface area contributed by atoms with E-state index in [4.69, 9.17) is 0 Å². The molecular formula is C14H14N2O2. The van der Waals surface area contributed by atoms with Gasteiger partial charge in [0.15, 0.2) is 0 Å². The molecule has 0 saturated heterocycles. The fraction of sp³-hybridized carbons (Fsp3) is 0.143. The lowest BCUT2D eigenvalue weighted by molar-refractivity contribution is -0.111. The molecule has 0 bridgehead atoms. The number of amides is 1. The number of fused-ring (bicyclic) bond motifs is 1. The Hall–Kier alpha value is -2.36. The van der Waals surface area contributed by atoms with Crippen molar-refractivity contribution in [3.05, 3.63) is 52.3 Å². The molecule has 2 rings (SSSR count). The number of benzene rings is 1. The average molecular weight is 242 g/mol. The second kappa shape index (κ2) is 4.87. The van der Waals surface area contributed by atoms with E-state index < -0.39 is 0 Å². The largest absolute Gasteiger partial charge is 0.322 e. The summed E-state index contributed by atoms with van der Waals surface area (Å²) in [6, 6.07) is 7.01. The maximum absolute atomic E-state index is 11.4. The number of carbonyl (C=O) groups is 1. The van der Waals surface area contributed by atoms with Crippen molar-refractivity contribution in [3.8, 4) is 0 Å². The summed E-state index contributed by atoms with van der Waals surface area (Å²) in [5.41, 5.74) is 2.15. The Labute approximate surface area is 104 Å². The molecular weight excluding hydrogens is 228 g/mol. The van der Waals surface area contributed by atoms with Crippen LogP contribution in [0.15, 0.2) is 41.2 Å². The number of rotatable bonds is 2. The zero-order chi connectivity index (χ0) is 13.1. The summed E-state index contributed by atoms with van der Waals surface area (Å²) in [6.07, 6.45) is 3.12. The van der Waals surface area contributed by atoms with Gasteiger partial charge in [0.25, 0.3) is 0 Å². The van der Waals surface area contributed by atoms with E-state index in [9.17, 15) is 9.59 Å². The van der Waals surface area contributed by atoms with Gasteiger partial charge < -0.3 is 10.3 Å². The van der Waals surface area contributed by atoms with Crippen LogP contribution >= 0.6 is 0 Å². The van der Waals surface area contributed by atoms with E-state index in [1.54, 1.807) is 25.1 Å². The standard InChI is InChI=1S/C14H14N2O2/c1-3-4-13(17)15-10-5-6-11-9(2)7-14(18)16-12(11)8-10/h3-8H,1-2H3,(H,15,17)(H,16,18)/b4-3-. The smallest absolute Gasteiger partial charge is 0.248 e. The van der Waals surface area contributed by atoms with Gasteiger partial charge in [0, 0.05) is 17.1 Å². The Kier molecular flexibility index (Phi) is 3.28. The van der Waals surface area contributed by atoms with Crippen LogP contribution in [0.4, 0.5) is 5.69 Å². The molecule has 0 fully saturated rings. The van der Waals surface area contributed by atoms with Crippen molar-refractivity contribution < 1.29 is 4.79 Å². The van der Waals surface area contributed by atoms with Gasteiger partial charge in [0.05, 0.1) is 5.52 Å². The molecule has 0 saturated carbocycles. The first-order valence-corrected chi connectivity index (χ1v) is 5.67. The highest BCUT2D eigenvalue weighted by molar-refractivity contribution is 6.00. The number of hydrogen-bond acceptors (Lipinski definition) is 2. The van der Waals surface area contributed by atoms with Gasteiger partial charge in [0.2, 0.25) is 11.5 Å². The normalized spacial score (nSPS) is 11.0. The van der Waals surface area contributed by atoms with Crippen LogP contribution in [0.2, 0.25) is 0 Å². The summed E-state index contributed by atoms with van der Waals surface area (Å²) in [5.74, 6) is -0.188. The molecule has 1 heterocycles. The lowest BCUT2D eigenvalue weighted by Gasteiger charge is -2.05. The molecule has 18 heavy (non-hydrogen) atoms. The maximum Gasteiger partial charge on any atom is 0.248 e. The highest BCUT2D eigenvalue weighted by atomic mass is 16.1. The molecule has 0 aliphatic heterocycles.